The molecule has 12 aromatic carbocycles. The molecule has 0 saturated carbocycles. The third kappa shape index (κ3) is 4.89. The van der Waals surface area contributed by atoms with E-state index in [4.69, 9.17) is 0 Å². The van der Waals surface area contributed by atoms with Crippen LogP contribution in [-0.2, 0) is 0 Å². The van der Waals surface area contributed by atoms with Crippen LogP contribution >= 0.6 is 0 Å². The maximum atomic E-state index is 2.43. The molecule has 268 valence electrons. The summed E-state index contributed by atoms with van der Waals surface area (Å²) in [5, 5.41) is 17.7. The van der Waals surface area contributed by atoms with E-state index in [-0.39, 0.29) is 0 Å². The number of rotatable bonds is 4. The smallest absolute Gasteiger partial charge is 0.00201 e. The molecule has 0 fully saturated rings. The Balaban J connectivity index is 1.11. The van der Waals surface area contributed by atoms with Crippen LogP contribution in [0, 0.1) is 0 Å². The van der Waals surface area contributed by atoms with Gasteiger partial charge < -0.3 is 0 Å². The molecule has 0 N–H and O–H groups in total. The Morgan fingerprint density at radius 3 is 0.983 bits per heavy atom. The largest absolute Gasteiger partial charge is 0.0622 e. The average Bonchev–Trinajstić information content (AvgIpc) is 3.29. The van der Waals surface area contributed by atoms with Crippen molar-refractivity contribution in [3.05, 3.63) is 218 Å². The van der Waals surface area contributed by atoms with Crippen molar-refractivity contribution in [3.8, 4) is 44.5 Å². The molecule has 0 atom stereocenters. The number of hydrogen-bond acceptors (Lipinski definition) is 0. The van der Waals surface area contributed by atoms with Gasteiger partial charge in [0.1, 0.15) is 0 Å². The monoisotopic (exact) mass is 732 g/mol. The molecule has 0 aliphatic rings. The van der Waals surface area contributed by atoms with Crippen molar-refractivity contribution < 1.29 is 0 Å². The van der Waals surface area contributed by atoms with Crippen LogP contribution in [0.1, 0.15) is 0 Å². The van der Waals surface area contributed by atoms with Gasteiger partial charge in [-0.15, -0.1) is 0 Å². The normalized spacial score (nSPS) is 11.8. The Morgan fingerprint density at radius 2 is 0.517 bits per heavy atom. The van der Waals surface area contributed by atoms with Crippen LogP contribution in [0.2, 0.25) is 0 Å². The van der Waals surface area contributed by atoms with Gasteiger partial charge in [-0.25, -0.2) is 0 Å². The Bertz CT molecular complexity index is 3310. The van der Waals surface area contributed by atoms with E-state index in [9.17, 15) is 0 Å². The van der Waals surface area contributed by atoms with Gasteiger partial charge >= 0.3 is 0 Å². The minimum atomic E-state index is 1.24. The molecule has 12 rings (SSSR count). The van der Waals surface area contributed by atoms with E-state index < -0.39 is 0 Å². The second kappa shape index (κ2) is 13.0. The molecule has 0 saturated heterocycles. The minimum absolute atomic E-state index is 1.24. The van der Waals surface area contributed by atoms with Gasteiger partial charge in [-0.1, -0.05) is 206 Å². The summed E-state index contributed by atoms with van der Waals surface area (Å²) in [5.74, 6) is 0. The van der Waals surface area contributed by atoms with Crippen molar-refractivity contribution in [2.24, 2.45) is 0 Å². The van der Waals surface area contributed by atoms with Crippen LogP contribution in [0.4, 0.5) is 0 Å². The first-order chi connectivity index (χ1) is 28.8. The van der Waals surface area contributed by atoms with E-state index in [0.717, 1.165) is 0 Å². The van der Waals surface area contributed by atoms with Crippen molar-refractivity contribution in [2.45, 2.75) is 0 Å². The molecular formula is C58H36. The lowest BCUT2D eigenvalue weighted by atomic mass is 9.83. The fourth-order valence-electron chi connectivity index (χ4n) is 9.97. The molecule has 0 bridgehead atoms. The van der Waals surface area contributed by atoms with Crippen molar-refractivity contribution in [2.75, 3.05) is 0 Å². The van der Waals surface area contributed by atoms with E-state index in [1.54, 1.807) is 0 Å². The maximum Gasteiger partial charge on any atom is -0.00201 e. The van der Waals surface area contributed by atoms with Gasteiger partial charge in [0.25, 0.3) is 0 Å². The molecule has 0 unspecified atom stereocenters. The topological polar surface area (TPSA) is 0 Å². The highest BCUT2D eigenvalue weighted by atomic mass is 14.2. The predicted octanol–water partition coefficient (Wildman–Crippen LogP) is 16.4. The number of benzene rings is 12. The first kappa shape index (κ1) is 32.7. The third-order valence-electron chi connectivity index (χ3n) is 12.4. The lowest BCUT2D eigenvalue weighted by Gasteiger charge is -2.20. The van der Waals surface area contributed by atoms with Crippen LogP contribution in [-0.4, -0.2) is 0 Å². The molecule has 0 aromatic heterocycles. The highest BCUT2D eigenvalue weighted by molar-refractivity contribution is 6.27. The summed E-state index contributed by atoms with van der Waals surface area (Å²) in [5.41, 5.74) is 10.2. The Labute approximate surface area is 336 Å². The molecule has 0 amide bonds. The second-order valence-corrected chi connectivity index (χ2v) is 15.5. The van der Waals surface area contributed by atoms with Gasteiger partial charge in [-0.2, -0.15) is 0 Å². The first-order valence-corrected chi connectivity index (χ1v) is 20.2. The molecule has 0 aliphatic heterocycles. The van der Waals surface area contributed by atoms with E-state index >= 15 is 0 Å². The van der Waals surface area contributed by atoms with E-state index in [2.05, 4.69) is 218 Å². The third-order valence-corrected chi connectivity index (χ3v) is 12.4. The molecular weight excluding hydrogens is 697 g/mol. The fraction of sp³-hybridized carbons (Fsp3) is 0. The van der Waals surface area contributed by atoms with Crippen LogP contribution in [0.25, 0.3) is 120 Å². The van der Waals surface area contributed by atoms with Crippen molar-refractivity contribution in [1.29, 1.82) is 0 Å². The summed E-state index contributed by atoms with van der Waals surface area (Å²) in [4.78, 5) is 0. The van der Waals surface area contributed by atoms with E-state index in [0.29, 0.717) is 0 Å². The van der Waals surface area contributed by atoms with Crippen LogP contribution < -0.4 is 0 Å². The second-order valence-electron chi connectivity index (χ2n) is 15.5. The van der Waals surface area contributed by atoms with Gasteiger partial charge in [0.2, 0.25) is 0 Å². The molecule has 0 heterocycles. The van der Waals surface area contributed by atoms with Crippen molar-refractivity contribution in [3.63, 3.8) is 0 Å². The SMILES string of the molecule is c1ccc(-c2c3ccccc3c(-c3cccc4cc5c(ccc6c(-c7c8ccccc8c(-c8ccccc8)c8ccccc78)cccc65)cc34)c3ccccc23)cc1. The lowest BCUT2D eigenvalue weighted by Crippen LogP contribution is -1.92. The lowest BCUT2D eigenvalue weighted by molar-refractivity contribution is 1.66. The summed E-state index contributed by atoms with van der Waals surface area (Å²) in [6.07, 6.45) is 0. The standard InChI is InChI=1S/C58H36/c1-3-17-37(18-4-1)55-44-22-7-11-26-48(44)57(49-27-12-8-23-45(49)55)43-32-16-30-41-42(43)34-33-40-36-54-39(35-53(40)41)21-15-31-52(54)58-50-28-13-9-24-46(50)56(38-19-5-2-6-20-38)47-25-10-14-29-51(47)58/h1-36H. The van der Waals surface area contributed by atoms with Crippen LogP contribution in [0.3, 0.4) is 0 Å². The first-order valence-electron chi connectivity index (χ1n) is 20.2. The number of hydrogen-bond donors (Lipinski definition) is 0. The zero-order chi connectivity index (χ0) is 38.2. The maximum absolute atomic E-state index is 2.43. The zero-order valence-corrected chi connectivity index (χ0v) is 31.8. The summed E-state index contributed by atoms with van der Waals surface area (Å²) < 4.78 is 0. The molecule has 0 radical (unpaired) electrons. The molecule has 0 spiro atoms. The van der Waals surface area contributed by atoms with Crippen LogP contribution in [0.15, 0.2) is 218 Å². The van der Waals surface area contributed by atoms with Gasteiger partial charge in [0.05, 0.1) is 0 Å². The Morgan fingerprint density at radius 1 is 0.172 bits per heavy atom. The van der Waals surface area contributed by atoms with Crippen molar-refractivity contribution >= 4 is 75.4 Å². The number of fused-ring (bicyclic) bond motifs is 8. The van der Waals surface area contributed by atoms with Crippen molar-refractivity contribution in [1.82, 2.24) is 0 Å². The van der Waals surface area contributed by atoms with E-state index in [1.807, 2.05) is 0 Å². The highest BCUT2D eigenvalue weighted by Gasteiger charge is 2.20. The predicted molar refractivity (Wildman–Crippen MR) is 251 cm³/mol. The van der Waals surface area contributed by atoms with E-state index in [1.165, 1.54) is 120 Å². The fourth-order valence-corrected chi connectivity index (χ4v) is 9.97. The molecule has 58 heavy (non-hydrogen) atoms. The Kier molecular flexibility index (Phi) is 7.33. The van der Waals surface area contributed by atoms with Gasteiger partial charge in [-0.05, 0) is 132 Å². The summed E-state index contributed by atoms with van der Waals surface area (Å²) in [6, 6.07) is 80.8. The summed E-state index contributed by atoms with van der Waals surface area (Å²) in [7, 11) is 0. The van der Waals surface area contributed by atoms with Crippen LogP contribution in [0.5, 0.6) is 0 Å². The summed E-state index contributed by atoms with van der Waals surface area (Å²) in [6.45, 7) is 0. The minimum Gasteiger partial charge on any atom is -0.0622 e. The summed E-state index contributed by atoms with van der Waals surface area (Å²) >= 11 is 0. The van der Waals surface area contributed by atoms with Gasteiger partial charge in [0, 0.05) is 0 Å². The molecule has 0 nitrogen and oxygen atoms in total. The molecule has 0 heteroatoms. The quantitative estimate of drug-likeness (QED) is 0.125. The molecule has 0 aliphatic carbocycles. The Hall–Kier alpha value is -7.54. The highest BCUT2D eigenvalue weighted by Crippen LogP contribution is 2.48. The van der Waals surface area contributed by atoms with Gasteiger partial charge in [-0.3, -0.25) is 0 Å². The average molecular weight is 733 g/mol. The molecule has 12 aromatic rings. The zero-order valence-electron chi connectivity index (χ0n) is 31.8. The van der Waals surface area contributed by atoms with Gasteiger partial charge in [0.15, 0.2) is 0 Å².